The van der Waals surface area contributed by atoms with Crippen molar-refractivity contribution in [3.05, 3.63) is 0 Å². The Balaban J connectivity index is 2.19. The van der Waals surface area contributed by atoms with E-state index < -0.39 is 9.05 Å². The molecule has 0 spiro atoms. The third-order valence-electron chi connectivity index (χ3n) is 2.41. The van der Waals surface area contributed by atoms with Crippen molar-refractivity contribution in [2.45, 2.75) is 38.6 Å². The van der Waals surface area contributed by atoms with Gasteiger partial charge >= 0.3 is 0 Å². The van der Waals surface area contributed by atoms with Crippen molar-refractivity contribution in [1.82, 2.24) is 4.90 Å². The predicted octanol–water partition coefficient (Wildman–Crippen LogP) is 1.82. The van der Waals surface area contributed by atoms with Gasteiger partial charge in [-0.05, 0) is 38.8 Å². The van der Waals surface area contributed by atoms with Gasteiger partial charge in [0.1, 0.15) is 0 Å². The fourth-order valence-corrected chi connectivity index (χ4v) is 2.45. The summed E-state index contributed by atoms with van der Waals surface area (Å²) in [6, 6.07) is 0.716. The van der Waals surface area contributed by atoms with Gasteiger partial charge in [0.2, 0.25) is 9.05 Å². The van der Waals surface area contributed by atoms with Crippen LogP contribution in [0.3, 0.4) is 0 Å². The molecule has 14 heavy (non-hydrogen) atoms. The fourth-order valence-electron chi connectivity index (χ4n) is 1.64. The first-order valence-electron chi connectivity index (χ1n) is 5.19. The highest BCUT2D eigenvalue weighted by molar-refractivity contribution is 8.13. The summed E-state index contributed by atoms with van der Waals surface area (Å²) in [5, 5.41) is 0. The third-order valence-corrected chi connectivity index (χ3v) is 3.65. The van der Waals surface area contributed by atoms with E-state index in [0.717, 1.165) is 19.5 Å². The molecule has 1 aliphatic rings. The van der Waals surface area contributed by atoms with Crippen LogP contribution in [0.2, 0.25) is 0 Å². The van der Waals surface area contributed by atoms with Gasteiger partial charge in [0.05, 0.1) is 5.75 Å². The maximum absolute atomic E-state index is 10.7. The van der Waals surface area contributed by atoms with Crippen molar-refractivity contribution in [3.8, 4) is 0 Å². The van der Waals surface area contributed by atoms with Crippen LogP contribution < -0.4 is 0 Å². The zero-order valence-corrected chi connectivity index (χ0v) is 10.1. The van der Waals surface area contributed by atoms with Crippen LogP contribution in [0.5, 0.6) is 0 Å². The molecule has 0 N–H and O–H groups in total. The summed E-state index contributed by atoms with van der Waals surface area (Å²) in [6.45, 7) is 4.09. The van der Waals surface area contributed by atoms with Crippen LogP contribution in [0.25, 0.3) is 0 Å². The van der Waals surface area contributed by atoms with Crippen molar-refractivity contribution in [1.29, 1.82) is 0 Å². The Labute approximate surface area is 90.8 Å². The fraction of sp³-hybridized carbons (Fsp3) is 1.00. The minimum Gasteiger partial charge on any atom is -0.300 e. The van der Waals surface area contributed by atoms with Crippen LogP contribution in [0.4, 0.5) is 0 Å². The highest BCUT2D eigenvalue weighted by Crippen LogP contribution is 2.26. The first-order chi connectivity index (χ1) is 6.53. The van der Waals surface area contributed by atoms with Gasteiger partial charge < -0.3 is 4.90 Å². The Hall–Kier alpha value is 0.200. The molecule has 84 valence electrons. The van der Waals surface area contributed by atoms with Crippen LogP contribution in [0.1, 0.15) is 32.6 Å². The summed E-state index contributed by atoms with van der Waals surface area (Å²) >= 11 is 0. The molecule has 0 aromatic heterocycles. The van der Waals surface area contributed by atoms with Gasteiger partial charge in [0, 0.05) is 16.7 Å². The van der Waals surface area contributed by atoms with Crippen LogP contribution in [0.15, 0.2) is 0 Å². The van der Waals surface area contributed by atoms with Crippen molar-refractivity contribution in [2.24, 2.45) is 0 Å². The molecule has 0 unspecified atom stereocenters. The van der Waals surface area contributed by atoms with Crippen LogP contribution in [-0.2, 0) is 9.05 Å². The van der Waals surface area contributed by atoms with E-state index in [0.29, 0.717) is 12.5 Å². The summed E-state index contributed by atoms with van der Waals surface area (Å²) in [5.74, 6) is 0.0987. The molecule has 1 rings (SSSR count). The molecule has 0 bridgehead atoms. The van der Waals surface area contributed by atoms with Gasteiger partial charge in [-0.25, -0.2) is 8.42 Å². The largest absolute Gasteiger partial charge is 0.300 e. The number of hydrogen-bond acceptors (Lipinski definition) is 3. The van der Waals surface area contributed by atoms with Crippen LogP contribution in [-0.4, -0.2) is 38.2 Å². The summed E-state index contributed by atoms with van der Waals surface area (Å²) in [4.78, 5) is 2.38. The highest BCUT2D eigenvalue weighted by atomic mass is 35.7. The van der Waals surface area contributed by atoms with E-state index in [-0.39, 0.29) is 5.75 Å². The summed E-state index contributed by atoms with van der Waals surface area (Å²) < 4.78 is 21.4. The van der Waals surface area contributed by atoms with E-state index in [1.807, 2.05) is 0 Å². The lowest BCUT2D eigenvalue weighted by atomic mass is 10.3. The lowest BCUT2D eigenvalue weighted by Crippen LogP contribution is -2.28. The van der Waals surface area contributed by atoms with Gasteiger partial charge in [0.25, 0.3) is 0 Å². The number of hydrogen-bond donors (Lipinski definition) is 0. The lowest BCUT2D eigenvalue weighted by molar-refractivity contribution is 0.265. The van der Waals surface area contributed by atoms with E-state index >= 15 is 0 Å². The molecule has 5 heteroatoms. The van der Waals surface area contributed by atoms with E-state index in [4.69, 9.17) is 10.7 Å². The summed E-state index contributed by atoms with van der Waals surface area (Å²) in [7, 11) is 1.85. The Morgan fingerprint density at radius 1 is 1.36 bits per heavy atom. The Morgan fingerprint density at radius 2 is 2.00 bits per heavy atom. The quantitative estimate of drug-likeness (QED) is 0.636. The minimum absolute atomic E-state index is 0.0987. The standard InChI is InChI=1S/C9H18ClNO2S/c1-2-6-11(9-4-5-9)7-3-8-14(10,12)13/h9H,2-8H2,1H3. The van der Waals surface area contributed by atoms with Crippen LogP contribution in [0, 0.1) is 0 Å². The smallest absolute Gasteiger partial charge is 0.232 e. The molecule has 0 atom stereocenters. The minimum atomic E-state index is -3.29. The van der Waals surface area contributed by atoms with Crippen molar-refractivity contribution < 1.29 is 8.42 Å². The second-order valence-electron chi connectivity index (χ2n) is 3.86. The normalized spacial score (nSPS) is 17.6. The van der Waals surface area contributed by atoms with Crippen molar-refractivity contribution >= 4 is 19.7 Å². The molecule has 0 saturated heterocycles. The molecule has 0 aliphatic heterocycles. The second kappa shape index (κ2) is 5.33. The zero-order chi connectivity index (χ0) is 10.6. The van der Waals surface area contributed by atoms with Gasteiger partial charge in [0.15, 0.2) is 0 Å². The van der Waals surface area contributed by atoms with E-state index in [2.05, 4.69) is 11.8 Å². The van der Waals surface area contributed by atoms with Crippen LogP contribution >= 0.6 is 10.7 Å². The molecule has 3 nitrogen and oxygen atoms in total. The maximum Gasteiger partial charge on any atom is 0.232 e. The average molecular weight is 240 g/mol. The SMILES string of the molecule is CCCN(CCCS(=O)(=O)Cl)C1CC1. The zero-order valence-electron chi connectivity index (χ0n) is 8.58. The molecule has 0 amide bonds. The van der Waals surface area contributed by atoms with Gasteiger partial charge in [-0.2, -0.15) is 0 Å². The molecule has 1 saturated carbocycles. The van der Waals surface area contributed by atoms with Crippen molar-refractivity contribution in [3.63, 3.8) is 0 Å². The monoisotopic (exact) mass is 239 g/mol. The second-order valence-corrected chi connectivity index (χ2v) is 6.76. The van der Waals surface area contributed by atoms with Gasteiger partial charge in [-0.15, -0.1) is 0 Å². The van der Waals surface area contributed by atoms with Gasteiger partial charge in [-0.3, -0.25) is 0 Å². The number of nitrogens with zero attached hydrogens (tertiary/aromatic N) is 1. The molecular weight excluding hydrogens is 222 g/mol. The predicted molar refractivity (Wildman–Crippen MR) is 59.1 cm³/mol. The topological polar surface area (TPSA) is 37.4 Å². The number of halogens is 1. The first kappa shape index (κ1) is 12.3. The molecule has 0 heterocycles. The van der Waals surface area contributed by atoms with Gasteiger partial charge in [-0.1, -0.05) is 6.92 Å². The average Bonchev–Trinajstić information content (AvgIpc) is 2.83. The maximum atomic E-state index is 10.7. The Bertz CT molecular complexity index is 262. The Kier molecular flexibility index (Phi) is 4.67. The Morgan fingerprint density at radius 3 is 2.43 bits per heavy atom. The first-order valence-corrected chi connectivity index (χ1v) is 7.67. The molecule has 0 aromatic carbocycles. The number of rotatable bonds is 7. The lowest BCUT2D eigenvalue weighted by Gasteiger charge is -2.20. The summed E-state index contributed by atoms with van der Waals surface area (Å²) in [6.07, 6.45) is 4.33. The summed E-state index contributed by atoms with van der Waals surface area (Å²) in [5.41, 5.74) is 0. The molecule has 1 aliphatic carbocycles. The molecule has 0 radical (unpaired) electrons. The van der Waals surface area contributed by atoms with E-state index in [1.54, 1.807) is 0 Å². The van der Waals surface area contributed by atoms with Crippen molar-refractivity contribution in [2.75, 3.05) is 18.8 Å². The third kappa shape index (κ3) is 5.17. The molecule has 1 fully saturated rings. The van der Waals surface area contributed by atoms with E-state index in [9.17, 15) is 8.42 Å². The molecule has 0 aromatic rings. The molecular formula is C9H18ClNO2S. The highest BCUT2D eigenvalue weighted by Gasteiger charge is 2.27. The van der Waals surface area contributed by atoms with E-state index in [1.165, 1.54) is 12.8 Å².